The number of carbonyl (C=O) groups excluding carboxylic acids is 2. The maximum absolute atomic E-state index is 14.0. The Labute approximate surface area is 453 Å². The first-order valence-corrected chi connectivity index (χ1v) is 24.7. The Bertz CT molecular complexity index is 3260. The summed E-state index contributed by atoms with van der Waals surface area (Å²) < 4.78 is 22.0. The second-order valence-electron chi connectivity index (χ2n) is 18.0. The number of hydrogen-bond donors (Lipinski definition) is 1. The van der Waals surface area contributed by atoms with Gasteiger partial charge in [0.2, 0.25) is 10.9 Å². The first kappa shape index (κ1) is 53.4. The molecule has 4 bridgehead atoms. The van der Waals surface area contributed by atoms with Crippen LogP contribution >= 0.6 is 0 Å². The Kier molecular flexibility index (Phi) is 17.7. The van der Waals surface area contributed by atoms with Crippen LogP contribution in [0.1, 0.15) is 86.6 Å². The van der Waals surface area contributed by atoms with Gasteiger partial charge in [0.15, 0.2) is 22.9 Å². The first-order chi connectivity index (χ1) is 35.9. The van der Waals surface area contributed by atoms with Gasteiger partial charge in [0.25, 0.3) is 11.8 Å². The fraction of sp³-hybridized carbons (Fsp3) is 0.220. The maximum atomic E-state index is 14.0. The van der Waals surface area contributed by atoms with Crippen LogP contribution in [0.25, 0.3) is 0 Å². The number of benzene rings is 5. The molecule has 5 aromatic carbocycles. The smallest absolute Gasteiger partial charge is 1.00 e. The van der Waals surface area contributed by atoms with E-state index in [0.29, 0.717) is 45.8 Å². The normalized spacial score (nSPS) is 18.0. The summed E-state index contributed by atoms with van der Waals surface area (Å²) in [4.78, 5) is 56.2. The van der Waals surface area contributed by atoms with Gasteiger partial charge in [-0.2, -0.15) is 0 Å². The quantitative estimate of drug-likeness (QED) is 0.203. The van der Waals surface area contributed by atoms with E-state index in [1.807, 2.05) is 132 Å². The molecule has 1 N–H and O–H groups in total. The van der Waals surface area contributed by atoms with E-state index in [2.05, 4.69) is 41.4 Å². The van der Waals surface area contributed by atoms with E-state index in [4.69, 9.17) is 14.2 Å². The minimum atomic E-state index is -0.575. The molecule has 75 heavy (non-hydrogen) atoms. The molecule has 378 valence electrons. The molecule has 0 unspecified atom stereocenters. The molecular formula is C59H56ClLiN6O8. The standard InChI is InChI=1S/C33H31N3O4.C26H25N3O4.ClH.Li/c37-28-19-21-35-31(32(28)40-23-25-13-5-3-6-14-25)33(38)34-20-11-1-2-12-22-39-29-18-10-9-17-27(29)30(36(35)24-34)26-15-7-4-8-16-26;30-21-14-16-28-24(25(21)31)26(32)27-15-8-1-2-9-17-33-22-13-7-6-12-20(22)23(29(28)18-27)19-10-4-3-5-11-19;;/h1-10,13-19,21,30H,11-12,20,22-24H2;1-7,10-14,16,23,31H,8-9,15,17-18H2;1H;/q;;;+1/p-1/b2*2-1+;;/t30-;23-;;/m00../s1. The molecule has 6 heterocycles. The van der Waals surface area contributed by atoms with Gasteiger partial charge in [-0.05, 0) is 54.5 Å². The Morgan fingerprint density at radius 3 is 1.45 bits per heavy atom. The van der Waals surface area contributed by atoms with Crippen molar-refractivity contribution < 1.29 is 60.2 Å². The minimum Gasteiger partial charge on any atom is -1.00 e. The molecule has 2 atom stereocenters. The molecule has 0 aliphatic carbocycles. The summed E-state index contributed by atoms with van der Waals surface area (Å²) in [7, 11) is 0. The summed E-state index contributed by atoms with van der Waals surface area (Å²) in [6, 6.07) is 47.8. The molecule has 0 radical (unpaired) electrons. The predicted molar refractivity (Wildman–Crippen MR) is 279 cm³/mol. The van der Waals surface area contributed by atoms with E-state index in [-0.39, 0.29) is 91.0 Å². The van der Waals surface area contributed by atoms with Crippen molar-refractivity contribution in [3.63, 3.8) is 0 Å². The Hall–Kier alpha value is -7.89. The molecular weight excluding hydrogens is 963 g/mol. The van der Waals surface area contributed by atoms with E-state index < -0.39 is 11.2 Å². The molecule has 2 amide bonds. The zero-order valence-electron chi connectivity index (χ0n) is 41.7. The summed E-state index contributed by atoms with van der Waals surface area (Å²) in [6.45, 7) is 2.88. The SMILES string of the molecule is O=C1c2c(O)c(=O)ccn2N2CN1CC/C=C/CCOc1ccccc1[C@@H]2c1ccccc1.O=C1c2c(OCc3ccccc3)c(=O)ccn2N2CN1CC/C=C/CCOc1ccccc1[C@@H]2c1ccccc1.[Cl-].[Li+]. The molecule has 4 aliphatic heterocycles. The Morgan fingerprint density at radius 2 is 0.933 bits per heavy atom. The van der Waals surface area contributed by atoms with Gasteiger partial charge in [-0.25, -0.2) is 0 Å². The summed E-state index contributed by atoms with van der Waals surface area (Å²) >= 11 is 0. The van der Waals surface area contributed by atoms with Crippen LogP contribution in [0, 0.1) is 0 Å². The van der Waals surface area contributed by atoms with Crippen LogP contribution in [0.4, 0.5) is 0 Å². The number of halogens is 1. The van der Waals surface area contributed by atoms with Crippen molar-refractivity contribution in [1.29, 1.82) is 0 Å². The molecule has 0 saturated heterocycles. The van der Waals surface area contributed by atoms with Crippen LogP contribution in [0.5, 0.6) is 23.0 Å². The first-order valence-electron chi connectivity index (χ1n) is 24.7. The molecule has 0 spiro atoms. The third-order valence-corrected chi connectivity index (χ3v) is 13.3. The average molecular weight is 1020 g/mol. The largest absolute Gasteiger partial charge is 1.00 e. The third kappa shape index (κ3) is 11.6. The van der Waals surface area contributed by atoms with Gasteiger partial charge in [0.05, 0.1) is 13.2 Å². The van der Waals surface area contributed by atoms with E-state index in [9.17, 15) is 24.3 Å². The summed E-state index contributed by atoms with van der Waals surface area (Å²) in [5.41, 5.74) is 4.17. The molecule has 2 aromatic heterocycles. The van der Waals surface area contributed by atoms with Gasteiger partial charge < -0.3 is 41.5 Å². The Morgan fingerprint density at radius 1 is 0.507 bits per heavy atom. The predicted octanol–water partition coefficient (Wildman–Crippen LogP) is 2.73. The Balaban J connectivity index is 0.000000197. The van der Waals surface area contributed by atoms with Crippen molar-refractivity contribution in [2.75, 3.05) is 49.7 Å². The molecule has 7 aromatic rings. The number of pyridine rings is 2. The number of aromatic nitrogens is 2. The van der Waals surface area contributed by atoms with E-state index in [1.54, 1.807) is 31.5 Å². The van der Waals surface area contributed by atoms with Crippen LogP contribution in [-0.2, 0) is 6.61 Å². The van der Waals surface area contributed by atoms with Gasteiger partial charge in [-0.15, -0.1) is 0 Å². The number of ether oxygens (including phenoxy) is 3. The van der Waals surface area contributed by atoms with Crippen LogP contribution < -0.4 is 66.4 Å². The molecule has 14 nitrogen and oxygen atoms in total. The molecule has 0 saturated carbocycles. The number of rotatable bonds is 5. The summed E-state index contributed by atoms with van der Waals surface area (Å²) in [5, 5.41) is 14.7. The molecule has 16 heteroatoms. The van der Waals surface area contributed by atoms with Crippen molar-refractivity contribution in [3.8, 4) is 23.0 Å². The van der Waals surface area contributed by atoms with E-state index >= 15 is 0 Å². The van der Waals surface area contributed by atoms with Crippen LogP contribution in [0.3, 0.4) is 0 Å². The third-order valence-electron chi connectivity index (χ3n) is 13.3. The molecule has 11 rings (SSSR count). The van der Waals surface area contributed by atoms with Gasteiger partial charge >= 0.3 is 18.9 Å². The topological polar surface area (TPSA) is 139 Å². The molecule has 0 fully saturated rings. The van der Waals surface area contributed by atoms with Gasteiger partial charge in [0, 0.05) is 48.7 Å². The average Bonchev–Trinajstić information content (AvgIpc) is 3.45. The number of aromatic hydroxyl groups is 1. The number of carbonyl (C=O) groups is 2. The zero-order valence-corrected chi connectivity index (χ0v) is 42.5. The summed E-state index contributed by atoms with van der Waals surface area (Å²) in [6.07, 6.45) is 14.4. The van der Waals surface area contributed by atoms with Crippen molar-refractivity contribution in [2.45, 2.75) is 44.4 Å². The number of nitrogens with zero attached hydrogens (tertiary/aromatic N) is 6. The number of hydrogen-bond acceptors (Lipinski definition) is 10. The van der Waals surface area contributed by atoms with E-state index in [1.165, 1.54) is 12.1 Å². The van der Waals surface area contributed by atoms with Crippen LogP contribution in [-0.4, -0.2) is 75.7 Å². The second kappa shape index (κ2) is 24.9. The van der Waals surface area contributed by atoms with Gasteiger partial charge in [0.1, 0.15) is 43.5 Å². The number of para-hydroxylation sites is 2. The minimum absolute atomic E-state index is 0. The fourth-order valence-corrected chi connectivity index (χ4v) is 9.77. The van der Waals surface area contributed by atoms with Crippen molar-refractivity contribution >= 4 is 11.8 Å². The fourth-order valence-electron chi connectivity index (χ4n) is 9.77. The maximum Gasteiger partial charge on any atom is 1.00 e. The second-order valence-corrected chi connectivity index (χ2v) is 18.0. The zero-order chi connectivity index (χ0) is 50.1. The van der Waals surface area contributed by atoms with Crippen molar-refractivity contribution in [3.05, 3.63) is 248 Å². The monoisotopic (exact) mass is 1020 g/mol. The molecule has 4 aliphatic rings. The van der Waals surface area contributed by atoms with Crippen molar-refractivity contribution in [2.24, 2.45) is 0 Å². The van der Waals surface area contributed by atoms with Gasteiger partial charge in [-0.3, -0.25) is 38.5 Å². The van der Waals surface area contributed by atoms with Crippen LogP contribution in [0.15, 0.2) is 198 Å². The number of fused-ring (bicyclic) bond motifs is 10. The number of amides is 2. The van der Waals surface area contributed by atoms with Gasteiger partial charge in [-0.1, -0.05) is 152 Å². The van der Waals surface area contributed by atoms with E-state index in [0.717, 1.165) is 52.2 Å². The summed E-state index contributed by atoms with van der Waals surface area (Å²) in [5.74, 6) is 0.484. The van der Waals surface area contributed by atoms with Crippen molar-refractivity contribution in [1.82, 2.24) is 19.2 Å². The van der Waals surface area contributed by atoms with Crippen LogP contribution in [0.2, 0.25) is 0 Å².